The van der Waals surface area contributed by atoms with Gasteiger partial charge in [0, 0.05) is 31.9 Å². The first-order valence-corrected chi connectivity index (χ1v) is 13.0. The van der Waals surface area contributed by atoms with Crippen molar-refractivity contribution in [1.82, 2.24) is 9.88 Å². The standard InChI is InChI=1S/C23H23F3N4O3S2/c1-15-6-8-19(9-7-15)35(32,33)28-22-27-16(2)20(34-22)21(31)30-12-10-29(11-13-30)18-5-3-4-17(14-18)23(24,25)26/h3-9,14H,10-13H2,1-2H3,(H,27,28). The smallest absolute Gasteiger partial charge is 0.368 e. The number of nitrogens with zero attached hydrogens (tertiary/aromatic N) is 3. The number of thiazole rings is 1. The molecule has 2 aromatic carbocycles. The zero-order valence-electron chi connectivity index (χ0n) is 19.0. The number of benzene rings is 2. The predicted octanol–water partition coefficient (Wildman–Crippen LogP) is 4.54. The molecule has 1 fully saturated rings. The van der Waals surface area contributed by atoms with Gasteiger partial charge in [0.1, 0.15) is 4.88 Å². The van der Waals surface area contributed by atoms with Gasteiger partial charge in [-0.15, -0.1) is 0 Å². The van der Waals surface area contributed by atoms with E-state index in [1.807, 2.05) is 6.92 Å². The predicted molar refractivity (Wildman–Crippen MR) is 128 cm³/mol. The number of aryl methyl sites for hydroxylation is 2. The maximum atomic E-state index is 13.1. The van der Waals surface area contributed by atoms with Gasteiger partial charge >= 0.3 is 6.18 Å². The van der Waals surface area contributed by atoms with E-state index in [2.05, 4.69) is 9.71 Å². The average molecular weight is 525 g/mol. The number of nitrogens with one attached hydrogen (secondary N) is 1. The van der Waals surface area contributed by atoms with Crippen molar-refractivity contribution in [2.75, 3.05) is 35.8 Å². The number of rotatable bonds is 5. The third kappa shape index (κ3) is 5.59. The number of amides is 1. The highest BCUT2D eigenvalue weighted by Crippen LogP contribution is 2.32. The molecule has 3 aromatic rings. The number of aromatic nitrogens is 1. The van der Waals surface area contributed by atoms with Gasteiger partial charge in [-0.2, -0.15) is 13.2 Å². The number of hydrogen-bond acceptors (Lipinski definition) is 6. The number of piperazine rings is 1. The Morgan fingerprint density at radius 3 is 2.31 bits per heavy atom. The fourth-order valence-corrected chi connectivity index (χ4v) is 5.89. The lowest BCUT2D eigenvalue weighted by molar-refractivity contribution is -0.137. The van der Waals surface area contributed by atoms with Crippen molar-refractivity contribution in [3.63, 3.8) is 0 Å². The van der Waals surface area contributed by atoms with Crippen LogP contribution in [-0.4, -0.2) is 50.4 Å². The molecule has 186 valence electrons. The Hall–Kier alpha value is -3.12. The van der Waals surface area contributed by atoms with E-state index in [9.17, 15) is 26.4 Å². The molecule has 0 atom stereocenters. The third-order valence-corrected chi connectivity index (χ3v) is 8.19. The molecule has 1 N–H and O–H groups in total. The van der Waals surface area contributed by atoms with E-state index in [0.717, 1.165) is 29.0 Å². The van der Waals surface area contributed by atoms with E-state index in [-0.39, 0.29) is 15.9 Å². The summed E-state index contributed by atoms with van der Waals surface area (Å²) >= 11 is 0.957. The lowest BCUT2D eigenvalue weighted by Crippen LogP contribution is -2.48. The zero-order valence-corrected chi connectivity index (χ0v) is 20.6. The van der Waals surface area contributed by atoms with Gasteiger partial charge in [-0.1, -0.05) is 35.1 Å². The Balaban J connectivity index is 1.43. The fraction of sp³-hybridized carbons (Fsp3) is 0.304. The third-order valence-electron chi connectivity index (χ3n) is 5.65. The van der Waals surface area contributed by atoms with Crippen LogP contribution in [0.25, 0.3) is 0 Å². The van der Waals surface area contributed by atoms with Crippen LogP contribution >= 0.6 is 11.3 Å². The zero-order chi connectivity index (χ0) is 25.4. The summed E-state index contributed by atoms with van der Waals surface area (Å²) in [7, 11) is -3.85. The molecule has 0 aliphatic carbocycles. The molecule has 0 unspecified atom stereocenters. The van der Waals surface area contributed by atoms with Crippen molar-refractivity contribution in [2.24, 2.45) is 0 Å². The van der Waals surface area contributed by atoms with Crippen LogP contribution in [0.3, 0.4) is 0 Å². The minimum Gasteiger partial charge on any atom is -0.368 e. The number of carbonyl (C=O) groups is 1. The molecule has 2 heterocycles. The van der Waals surface area contributed by atoms with Crippen molar-refractivity contribution in [3.8, 4) is 0 Å². The second kappa shape index (κ2) is 9.50. The quantitative estimate of drug-likeness (QED) is 0.530. The molecule has 1 amide bonds. The van der Waals surface area contributed by atoms with Gasteiger partial charge in [0.25, 0.3) is 15.9 Å². The lowest BCUT2D eigenvalue weighted by atomic mass is 10.1. The largest absolute Gasteiger partial charge is 0.416 e. The van der Waals surface area contributed by atoms with E-state index in [0.29, 0.717) is 42.4 Å². The molecule has 12 heteroatoms. The fourth-order valence-electron chi connectivity index (χ4n) is 3.72. The maximum Gasteiger partial charge on any atom is 0.416 e. The summed E-state index contributed by atoms with van der Waals surface area (Å²) in [5.41, 5.74) is 1.07. The van der Waals surface area contributed by atoms with Crippen molar-refractivity contribution in [3.05, 3.63) is 70.2 Å². The topological polar surface area (TPSA) is 82.6 Å². The minimum absolute atomic E-state index is 0.0917. The molecule has 1 saturated heterocycles. The monoisotopic (exact) mass is 524 g/mol. The lowest BCUT2D eigenvalue weighted by Gasteiger charge is -2.36. The minimum atomic E-state index is -4.42. The summed E-state index contributed by atoms with van der Waals surface area (Å²) in [6.07, 6.45) is -4.42. The Kier molecular flexibility index (Phi) is 6.78. The molecule has 4 rings (SSSR count). The van der Waals surface area contributed by atoms with Gasteiger partial charge in [0.2, 0.25) is 0 Å². The van der Waals surface area contributed by atoms with E-state index in [1.54, 1.807) is 34.9 Å². The van der Waals surface area contributed by atoms with Crippen LogP contribution in [0.4, 0.5) is 24.0 Å². The highest BCUT2D eigenvalue weighted by atomic mass is 32.2. The highest BCUT2D eigenvalue weighted by molar-refractivity contribution is 7.93. The molecule has 1 aromatic heterocycles. The molecule has 35 heavy (non-hydrogen) atoms. The van der Waals surface area contributed by atoms with Crippen molar-refractivity contribution >= 4 is 38.1 Å². The number of halogens is 3. The van der Waals surface area contributed by atoms with Crippen LogP contribution in [0.5, 0.6) is 0 Å². The van der Waals surface area contributed by atoms with Gasteiger partial charge in [0.15, 0.2) is 5.13 Å². The number of hydrogen-bond donors (Lipinski definition) is 1. The highest BCUT2D eigenvalue weighted by Gasteiger charge is 2.32. The van der Waals surface area contributed by atoms with Crippen molar-refractivity contribution < 1.29 is 26.4 Å². The molecule has 0 spiro atoms. The normalized spacial score (nSPS) is 14.8. The summed E-state index contributed by atoms with van der Waals surface area (Å²) in [5, 5.41) is 0.0917. The summed E-state index contributed by atoms with van der Waals surface area (Å²) in [4.78, 5) is 21.1. The first-order valence-electron chi connectivity index (χ1n) is 10.7. The first kappa shape index (κ1) is 25.0. The molecule has 0 saturated carbocycles. The van der Waals surface area contributed by atoms with Gasteiger partial charge in [-0.3, -0.25) is 9.52 Å². The molecule has 0 bridgehead atoms. The number of sulfonamides is 1. The van der Waals surface area contributed by atoms with Crippen LogP contribution in [0.15, 0.2) is 53.4 Å². The van der Waals surface area contributed by atoms with Crippen LogP contribution in [0.2, 0.25) is 0 Å². The Labute approximate surface area is 205 Å². The number of carbonyl (C=O) groups excluding carboxylic acids is 1. The number of alkyl halides is 3. The molecule has 7 nitrogen and oxygen atoms in total. The molecular formula is C23H23F3N4O3S2. The van der Waals surface area contributed by atoms with Crippen LogP contribution in [0, 0.1) is 13.8 Å². The second-order valence-corrected chi connectivity index (χ2v) is 10.9. The van der Waals surface area contributed by atoms with Crippen molar-refractivity contribution in [2.45, 2.75) is 24.9 Å². The van der Waals surface area contributed by atoms with Gasteiger partial charge in [0.05, 0.1) is 16.2 Å². The van der Waals surface area contributed by atoms with E-state index in [1.165, 1.54) is 18.2 Å². The SMILES string of the molecule is Cc1ccc(S(=O)(=O)Nc2nc(C)c(C(=O)N3CCN(c4cccc(C(F)(F)F)c4)CC3)s2)cc1. The van der Waals surface area contributed by atoms with E-state index in [4.69, 9.17) is 0 Å². The number of anilines is 2. The molecule has 1 aliphatic rings. The molecule has 0 radical (unpaired) electrons. The van der Waals surface area contributed by atoms with Crippen LogP contribution < -0.4 is 9.62 Å². The first-order chi connectivity index (χ1) is 16.4. The van der Waals surface area contributed by atoms with E-state index < -0.39 is 21.8 Å². The summed E-state index contributed by atoms with van der Waals surface area (Å²) in [5.74, 6) is -0.288. The van der Waals surface area contributed by atoms with Crippen LogP contribution in [0.1, 0.15) is 26.5 Å². The molecule has 1 aliphatic heterocycles. The van der Waals surface area contributed by atoms with Crippen molar-refractivity contribution in [1.29, 1.82) is 0 Å². The van der Waals surface area contributed by atoms with Gasteiger partial charge in [-0.25, -0.2) is 13.4 Å². The second-order valence-electron chi connectivity index (χ2n) is 8.18. The summed E-state index contributed by atoms with van der Waals surface area (Å²) < 4.78 is 66.8. The van der Waals surface area contributed by atoms with Gasteiger partial charge < -0.3 is 9.80 Å². The Bertz CT molecular complexity index is 1330. The van der Waals surface area contributed by atoms with E-state index >= 15 is 0 Å². The maximum absolute atomic E-state index is 13.1. The van der Waals surface area contributed by atoms with Crippen LogP contribution in [-0.2, 0) is 16.2 Å². The average Bonchev–Trinajstić information content (AvgIpc) is 3.17. The summed E-state index contributed by atoms with van der Waals surface area (Å²) in [6, 6.07) is 11.5. The Morgan fingerprint density at radius 2 is 1.69 bits per heavy atom. The Morgan fingerprint density at radius 1 is 1.03 bits per heavy atom. The molecular weight excluding hydrogens is 501 g/mol. The van der Waals surface area contributed by atoms with Gasteiger partial charge in [-0.05, 0) is 44.2 Å². The summed E-state index contributed by atoms with van der Waals surface area (Å²) in [6.45, 7) is 4.86.